The molecule has 15 heavy (non-hydrogen) atoms. The third-order valence-electron chi connectivity index (χ3n) is 1.95. The first-order valence-electron chi connectivity index (χ1n) is 4.45. The van der Waals surface area contributed by atoms with Crippen LogP contribution in [0, 0.1) is 18.3 Å². The lowest BCUT2D eigenvalue weighted by Crippen LogP contribution is -2.18. The smallest absolute Gasteiger partial charge is 0.120 e. The van der Waals surface area contributed by atoms with Crippen molar-refractivity contribution in [3.63, 3.8) is 0 Å². The second-order valence-electron chi connectivity index (χ2n) is 2.92. The molecule has 1 rings (SSSR count). The highest BCUT2D eigenvalue weighted by Gasteiger charge is 2.06. The first-order valence-corrected chi connectivity index (χ1v) is 4.45. The quantitative estimate of drug-likeness (QED) is 0.749. The molecule has 0 fully saturated rings. The van der Waals surface area contributed by atoms with Crippen molar-refractivity contribution in [3.8, 4) is 6.07 Å². The molecule has 0 spiro atoms. The zero-order chi connectivity index (χ0) is 11.3. The second kappa shape index (κ2) is 4.86. The van der Waals surface area contributed by atoms with Gasteiger partial charge in [-0.1, -0.05) is 6.58 Å². The summed E-state index contributed by atoms with van der Waals surface area (Å²) in [4.78, 5) is 0. The zero-order valence-corrected chi connectivity index (χ0v) is 8.57. The van der Waals surface area contributed by atoms with Gasteiger partial charge in [-0.25, -0.2) is 4.68 Å². The van der Waals surface area contributed by atoms with Crippen LogP contribution in [-0.4, -0.2) is 16.3 Å². The summed E-state index contributed by atoms with van der Waals surface area (Å²) in [5.74, 6) is 0.618. The van der Waals surface area contributed by atoms with Crippen molar-refractivity contribution in [1.29, 1.82) is 5.26 Å². The van der Waals surface area contributed by atoms with Crippen LogP contribution in [0.2, 0.25) is 0 Å². The Balaban J connectivity index is 2.75. The lowest BCUT2D eigenvalue weighted by Gasteiger charge is -2.08. The predicted molar refractivity (Wildman–Crippen MR) is 58.3 cm³/mol. The molecular formula is C10H13N5. The Morgan fingerprint density at radius 2 is 2.60 bits per heavy atom. The number of rotatable bonds is 4. The van der Waals surface area contributed by atoms with Gasteiger partial charge in [-0.2, -0.15) is 10.4 Å². The molecule has 0 aliphatic carbocycles. The van der Waals surface area contributed by atoms with Crippen LogP contribution >= 0.6 is 0 Å². The molecule has 5 heteroatoms. The van der Waals surface area contributed by atoms with Crippen LogP contribution in [0.25, 0.3) is 5.82 Å². The third kappa shape index (κ3) is 2.38. The monoisotopic (exact) mass is 203 g/mol. The Morgan fingerprint density at radius 3 is 3.13 bits per heavy atom. The van der Waals surface area contributed by atoms with Crippen molar-refractivity contribution in [2.24, 2.45) is 5.73 Å². The summed E-state index contributed by atoms with van der Waals surface area (Å²) >= 11 is 0. The Labute approximate surface area is 88.5 Å². The van der Waals surface area contributed by atoms with Crippen LogP contribution in [0.5, 0.6) is 0 Å². The van der Waals surface area contributed by atoms with Gasteiger partial charge in [-0.05, 0) is 19.2 Å². The number of aromatic nitrogens is 2. The largest absolute Gasteiger partial charge is 0.405 e. The van der Waals surface area contributed by atoms with Crippen LogP contribution < -0.4 is 11.1 Å². The SMILES string of the molecule is C=C(NC/C=C\N)n1ncc(C#N)c1C. The Hall–Kier alpha value is -2.22. The van der Waals surface area contributed by atoms with Crippen molar-refractivity contribution in [3.05, 3.63) is 36.3 Å². The first kappa shape index (κ1) is 10.9. The molecule has 1 heterocycles. The molecule has 0 atom stereocenters. The third-order valence-corrected chi connectivity index (χ3v) is 1.95. The number of nitrogens with zero attached hydrogens (tertiary/aromatic N) is 3. The summed E-state index contributed by atoms with van der Waals surface area (Å²) in [5, 5.41) is 15.8. The second-order valence-corrected chi connectivity index (χ2v) is 2.92. The molecule has 5 nitrogen and oxygen atoms in total. The van der Waals surface area contributed by atoms with E-state index < -0.39 is 0 Å². The highest BCUT2D eigenvalue weighted by Crippen LogP contribution is 2.08. The molecule has 0 aliphatic heterocycles. The van der Waals surface area contributed by atoms with E-state index in [4.69, 9.17) is 11.0 Å². The van der Waals surface area contributed by atoms with E-state index in [2.05, 4.69) is 23.1 Å². The fraction of sp³-hybridized carbons (Fsp3) is 0.200. The minimum atomic E-state index is 0.548. The Kier molecular flexibility index (Phi) is 3.52. The fourth-order valence-electron chi connectivity index (χ4n) is 1.11. The van der Waals surface area contributed by atoms with Crippen LogP contribution in [0.15, 0.2) is 25.1 Å². The molecule has 78 valence electrons. The summed E-state index contributed by atoms with van der Waals surface area (Å²) < 4.78 is 1.59. The normalized spacial score (nSPS) is 10.1. The molecule has 0 aromatic carbocycles. The van der Waals surface area contributed by atoms with E-state index in [1.807, 2.05) is 6.92 Å². The number of hydrogen-bond donors (Lipinski definition) is 2. The van der Waals surface area contributed by atoms with Crippen LogP contribution in [0.4, 0.5) is 0 Å². The Morgan fingerprint density at radius 1 is 1.87 bits per heavy atom. The van der Waals surface area contributed by atoms with Gasteiger partial charge in [0, 0.05) is 6.54 Å². The van der Waals surface area contributed by atoms with E-state index in [0.29, 0.717) is 17.9 Å². The highest BCUT2D eigenvalue weighted by molar-refractivity contribution is 5.43. The molecule has 0 radical (unpaired) electrons. The van der Waals surface area contributed by atoms with Crippen molar-refractivity contribution >= 4 is 5.82 Å². The Bertz CT molecular complexity index is 422. The minimum Gasteiger partial charge on any atom is -0.405 e. The molecule has 0 amide bonds. The average molecular weight is 203 g/mol. The van der Waals surface area contributed by atoms with Gasteiger partial charge in [0.2, 0.25) is 0 Å². The van der Waals surface area contributed by atoms with E-state index in [-0.39, 0.29) is 0 Å². The van der Waals surface area contributed by atoms with Crippen molar-refractivity contribution in [2.45, 2.75) is 6.92 Å². The number of nitrogens with two attached hydrogens (primary N) is 1. The molecule has 0 saturated carbocycles. The molecule has 1 aromatic rings. The van der Waals surface area contributed by atoms with E-state index in [1.54, 1.807) is 10.8 Å². The summed E-state index contributed by atoms with van der Waals surface area (Å²) in [6.45, 7) is 6.21. The maximum Gasteiger partial charge on any atom is 0.120 e. The molecule has 0 bridgehead atoms. The summed E-state index contributed by atoms with van der Waals surface area (Å²) in [6, 6.07) is 2.05. The lowest BCUT2D eigenvalue weighted by molar-refractivity contribution is 0.793. The molecule has 0 aliphatic rings. The standard InChI is InChI=1S/C10H13N5/c1-8-10(6-12)7-14-15(8)9(2)13-5-3-4-11/h3-4,7,13H,2,5,11H2,1H3/b4-3-. The highest BCUT2D eigenvalue weighted by atomic mass is 15.3. The van der Waals surface area contributed by atoms with Crippen molar-refractivity contribution in [1.82, 2.24) is 15.1 Å². The van der Waals surface area contributed by atoms with E-state index in [0.717, 1.165) is 5.69 Å². The molecular weight excluding hydrogens is 190 g/mol. The summed E-state index contributed by atoms with van der Waals surface area (Å²) in [6.07, 6.45) is 4.73. The first-order chi connectivity index (χ1) is 7.20. The van der Waals surface area contributed by atoms with Gasteiger partial charge >= 0.3 is 0 Å². The maximum absolute atomic E-state index is 8.75. The maximum atomic E-state index is 8.75. The van der Waals surface area contributed by atoms with E-state index in [9.17, 15) is 0 Å². The zero-order valence-electron chi connectivity index (χ0n) is 8.57. The van der Waals surface area contributed by atoms with Gasteiger partial charge < -0.3 is 11.1 Å². The number of nitrogens with one attached hydrogen (secondary N) is 1. The van der Waals surface area contributed by atoms with E-state index in [1.165, 1.54) is 12.4 Å². The van der Waals surface area contributed by atoms with Crippen molar-refractivity contribution < 1.29 is 0 Å². The summed E-state index contributed by atoms with van der Waals surface area (Å²) in [5.41, 5.74) is 6.51. The molecule has 3 N–H and O–H groups in total. The van der Waals surface area contributed by atoms with Gasteiger partial charge in [0.25, 0.3) is 0 Å². The van der Waals surface area contributed by atoms with Crippen LogP contribution in [0.3, 0.4) is 0 Å². The molecule has 0 saturated heterocycles. The number of hydrogen-bond acceptors (Lipinski definition) is 4. The minimum absolute atomic E-state index is 0.548. The fourth-order valence-corrected chi connectivity index (χ4v) is 1.11. The van der Waals surface area contributed by atoms with Gasteiger partial charge in [0.05, 0.1) is 17.5 Å². The molecule has 1 aromatic heterocycles. The van der Waals surface area contributed by atoms with E-state index >= 15 is 0 Å². The molecule has 0 unspecified atom stereocenters. The van der Waals surface area contributed by atoms with Crippen molar-refractivity contribution in [2.75, 3.05) is 6.54 Å². The average Bonchev–Trinajstić information content (AvgIpc) is 2.60. The van der Waals surface area contributed by atoms with Gasteiger partial charge in [0.15, 0.2) is 0 Å². The summed E-state index contributed by atoms with van der Waals surface area (Å²) in [7, 11) is 0. The topological polar surface area (TPSA) is 79.7 Å². The predicted octanol–water partition coefficient (Wildman–Crippen LogP) is 0.553. The lowest BCUT2D eigenvalue weighted by atomic mass is 10.3. The van der Waals surface area contributed by atoms with Crippen LogP contribution in [0.1, 0.15) is 11.3 Å². The van der Waals surface area contributed by atoms with Gasteiger partial charge in [-0.3, -0.25) is 0 Å². The number of nitriles is 1. The van der Waals surface area contributed by atoms with Crippen LogP contribution in [-0.2, 0) is 0 Å². The van der Waals surface area contributed by atoms with Gasteiger partial charge in [0.1, 0.15) is 11.9 Å². The van der Waals surface area contributed by atoms with Gasteiger partial charge in [-0.15, -0.1) is 0 Å².